The summed E-state index contributed by atoms with van der Waals surface area (Å²) in [5.74, 6) is 1.21. The monoisotopic (exact) mass is 499 g/mol. The molecular weight excluding hydrogens is 466 g/mol. The third-order valence-electron chi connectivity index (χ3n) is 6.55. The van der Waals surface area contributed by atoms with E-state index >= 15 is 0 Å². The van der Waals surface area contributed by atoms with Crippen LogP contribution in [0.25, 0.3) is 22.2 Å². The molecule has 0 bridgehead atoms. The van der Waals surface area contributed by atoms with Gasteiger partial charge in [-0.25, -0.2) is 19.9 Å². The first kappa shape index (κ1) is 26.1. The van der Waals surface area contributed by atoms with Gasteiger partial charge in [0.1, 0.15) is 18.8 Å². The van der Waals surface area contributed by atoms with Crippen molar-refractivity contribution in [3.05, 3.63) is 72.2 Å². The molecule has 1 atom stereocenters. The second kappa shape index (κ2) is 11.4. The Balaban J connectivity index is 1.55. The number of nitrogens with one attached hydrogen (secondary N) is 2. The van der Waals surface area contributed by atoms with E-state index in [0.717, 1.165) is 34.1 Å². The van der Waals surface area contributed by atoms with Gasteiger partial charge in [0.05, 0.1) is 22.9 Å². The third-order valence-corrected chi connectivity index (χ3v) is 6.55. The van der Waals surface area contributed by atoms with E-state index in [1.54, 1.807) is 31.7 Å². The van der Waals surface area contributed by atoms with E-state index in [1.807, 2.05) is 32.0 Å². The number of amides is 1. The third kappa shape index (κ3) is 5.89. The van der Waals surface area contributed by atoms with Crippen molar-refractivity contribution in [1.82, 2.24) is 30.2 Å². The number of hydrogen-bond acceptors (Lipinski definition) is 8. The van der Waals surface area contributed by atoms with Crippen LogP contribution in [0.5, 0.6) is 0 Å². The fourth-order valence-corrected chi connectivity index (χ4v) is 4.11. The lowest BCUT2D eigenvalue weighted by molar-refractivity contribution is 0.0613. The van der Waals surface area contributed by atoms with Gasteiger partial charge in [-0.05, 0) is 31.9 Å². The second-order valence-electron chi connectivity index (χ2n) is 9.44. The molecule has 0 saturated carbocycles. The molecule has 1 aromatic carbocycles. The Labute approximate surface area is 217 Å². The smallest absolute Gasteiger partial charge is 0.251 e. The van der Waals surface area contributed by atoms with E-state index in [1.165, 1.54) is 6.33 Å². The van der Waals surface area contributed by atoms with Crippen LogP contribution in [0.15, 0.2) is 55.2 Å². The number of carbonyl (C=O) groups is 1. The number of ether oxygens (including phenoxy) is 1. The summed E-state index contributed by atoms with van der Waals surface area (Å²) in [5.41, 5.74) is 3.79. The first-order valence-electron chi connectivity index (χ1n) is 12.4. The van der Waals surface area contributed by atoms with E-state index in [0.29, 0.717) is 30.4 Å². The molecule has 2 N–H and O–H groups in total. The minimum absolute atomic E-state index is 0.120. The number of nitrogens with zero attached hydrogens (tertiary/aromatic N) is 5. The van der Waals surface area contributed by atoms with Crippen molar-refractivity contribution in [2.45, 2.75) is 52.2 Å². The van der Waals surface area contributed by atoms with Crippen LogP contribution in [0.4, 0.5) is 5.82 Å². The van der Waals surface area contributed by atoms with Gasteiger partial charge >= 0.3 is 0 Å². The van der Waals surface area contributed by atoms with Crippen LogP contribution in [-0.4, -0.2) is 50.5 Å². The van der Waals surface area contributed by atoms with Crippen LogP contribution >= 0.6 is 0 Å². The van der Waals surface area contributed by atoms with Gasteiger partial charge in [-0.2, -0.15) is 0 Å². The van der Waals surface area contributed by atoms with Gasteiger partial charge in [-0.15, -0.1) is 0 Å². The fraction of sp³-hybridized carbons (Fsp3) is 0.357. The van der Waals surface area contributed by atoms with Crippen LogP contribution in [-0.2, 0) is 16.8 Å². The number of hydrogen-bond donors (Lipinski definition) is 2. The molecule has 37 heavy (non-hydrogen) atoms. The predicted molar refractivity (Wildman–Crippen MR) is 144 cm³/mol. The molecule has 192 valence electrons. The second-order valence-corrected chi connectivity index (χ2v) is 9.44. The van der Waals surface area contributed by atoms with Gasteiger partial charge < -0.3 is 15.4 Å². The molecule has 4 rings (SSSR count). The highest BCUT2D eigenvalue weighted by molar-refractivity contribution is 6.06. The van der Waals surface area contributed by atoms with Crippen molar-refractivity contribution in [3.8, 4) is 11.3 Å². The normalized spacial score (nSPS) is 12.9. The summed E-state index contributed by atoms with van der Waals surface area (Å²) in [6, 6.07) is 9.66. The summed E-state index contributed by atoms with van der Waals surface area (Å²) < 4.78 is 5.57. The molecule has 0 aliphatic heterocycles. The van der Waals surface area contributed by atoms with Gasteiger partial charge in [0.15, 0.2) is 5.82 Å². The summed E-state index contributed by atoms with van der Waals surface area (Å²) in [6.45, 7) is 9.29. The van der Waals surface area contributed by atoms with Crippen molar-refractivity contribution >= 4 is 22.6 Å². The Morgan fingerprint density at radius 1 is 1.08 bits per heavy atom. The summed E-state index contributed by atoms with van der Waals surface area (Å²) in [7, 11) is 1.64. The average Bonchev–Trinajstić information content (AvgIpc) is 2.94. The molecule has 0 aliphatic rings. The number of carbonyl (C=O) groups excluding carboxylic acids is 1. The maximum Gasteiger partial charge on any atom is 0.251 e. The fourth-order valence-electron chi connectivity index (χ4n) is 4.11. The van der Waals surface area contributed by atoms with E-state index in [4.69, 9.17) is 4.74 Å². The first-order chi connectivity index (χ1) is 17.8. The molecule has 3 aromatic heterocycles. The summed E-state index contributed by atoms with van der Waals surface area (Å²) >= 11 is 0. The van der Waals surface area contributed by atoms with Crippen molar-refractivity contribution < 1.29 is 9.53 Å². The maximum absolute atomic E-state index is 12.4. The van der Waals surface area contributed by atoms with Crippen LogP contribution in [0.3, 0.4) is 0 Å². The average molecular weight is 500 g/mol. The Morgan fingerprint density at radius 2 is 1.86 bits per heavy atom. The minimum atomic E-state index is -0.264. The first-order valence-corrected chi connectivity index (χ1v) is 12.4. The van der Waals surface area contributed by atoms with Crippen molar-refractivity contribution in [3.63, 3.8) is 0 Å². The molecule has 0 aliphatic carbocycles. The molecule has 1 amide bonds. The topological polar surface area (TPSA) is 115 Å². The summed E-state index contributed by atoms with van der Waals surface area (Å²) in [4.78, 5) is 34.7. The maximum atomic E-state index is 12.4. The standard InChI is InChI=1S/C28H33N7O2/c1-6-28(4,22-9-7-8-20-21(27(36)29-5)10-11-30-26(20)22)16-33-24-12-23(34-17-35-24)19-13-31-25(32-14-19)15-37-18(2)3/h7-14,17-18H,6,15-16H2,1-5H3,(H,29,36)(H,33,34,35)/t28-/m0/s1. The van der Waals surface area contributed by atoms with E-state index in [-0.39, 0.29) is 17.4 Å². The zero-order valence-corrected chi connectivity index (χ0v) is 21.9. The molecule has 3 heterocycles. The highest BCUT2D eigenvalue weighted by Gasteiger charge is 2.28. The zero-order valence-electron chi connectivity index (χ0n) is 21.9. The molecule has 4 aromatic rings. The summed E-state index contributed by atoms with van der Waals surface area (Å²) in [5, 5.41) is 7.04. The molecule has 9 heteroatoms. The van der Waals surface area contributed by atoms with E-state index in [2.05, 4.69) is 55.5 Å². The number of benzene rings is 1. The summed E-state index contributed by atoms with van der Waals surface area (Å²) in [6.07, 6.45) is 7.71. The molecular formula is C28H33N7O2. The van der Waals surface area contributed by atoms with Crippen LogP contribution in [0.2, 0.25) is 0 Å². The molecule has 0 saturated heterocycles. The van der Waals surface area contributed by atoms with Gasteiger partial charge in [-0.3, -0.25) is 9.78 Å². The minimum Gasteiger partial charge on any atom is -0.371 e. The number of pyridine rings is 1. The van der Waals surface area contributed by atoms with Crippen molar-refractivity contribution in [2.75, 3.05) is 18.9 Å². The number of aromatic nitrogens is 5. The Morgan fingerprint density at radius 3 is 2.57 bits per heavy atom. The van der Waals surface area contributed by atoms with E-state index < -0.39 is 0 Å². The quantitative estimate of drug-likeness (QED) is 0.327. The number of anilines is 1. The molecule has 0 radical (unpaired) electrons. The van der Waals surface area contributed by atoms with Crippen LogP contribution in [0.1, 0.15) is 55.9 Å². The van der Waals surface area contributed by atoms with Crippen LogP contribution in [0, 0.1) is 0 Å². The number of fused-ring (bicyclic) bond motifs is 1. The lowest BCUT2D eigenvalue weighted by Crippen LogP contribution is -2.31. The van der Waals surface area contributed by atoms with Gasteiger partial charge in [0, 0.05) is 54.6 Å². The zero-order chi connectivity index (χ0) is 26.4. The SMILES string of the molecule is CC[C@@](C)(CNc1cc(-c2cnc(COC(C)C)nc2)ncn1)c1cccc2c(C(=O)NC)ccnc12. The Hall–Kier alpha value is -3.98. The lowest BCUT2D eigenvalue weighted by atomic mass is 9.78. The lowest BCUT2D eigenvalue weighted by Gasteiger charge is -2.30. The Bertz CT molecular complexity index is 1370. The van der Waals surface area contributed by atoms with Crippen molar-refractivity contribution in [2.24, 2.45) is 0 Å². The molecule has 0 unspecified atom stereocenters. The van der Waals surface area contributed by atoms with Gasteiger partial charge in [0.25, 0.3) is 5.91 Å². The van der Waals surface area contributed by atoms with Crippen LogP contribution < -0.4 is 10.6 Å². The highest BCUT2D eigenvalue weighted by atomic mass is 16.5. The predicted octanol–water partition coefficient (Wildman–Crippen LogP) is 4.55. The van der Waals surface area contributed by atoms with Crippen molar-refractivity contribution in [1.29, 1.82) is 0 Å². The molecule has 9 nitrogen and oxygen atoms in total. The molecule has 0 spiro atoms. The van der Waals surface area contributed by atoms with Gasteiger partial charge in [0.2, 0.25) is 0 Å². The number of rotatable bonds is 10. The highest BCUT2D eigenvalue weighted by Crippen LogP contribution is 2.34. The van der Waals surface area contributed by atoms with E-state index in [9.17, 15) is 4.79 Å². The molecule has 0 fully saturated rings. The van der Waals surface area contributed by atoms with Gasteiger partial charge in [-0.1, -0.05) is 32.0 Å². The number of para-hydroxylation sites is 1. The Kier molecular flexibility index (Phi) is 8.03. The largest absolute Gasteiger partial charge is 0.371 e.